The summed E-state index contributed by atoms with van der Waals surface area (Å²) in [6, 6.07) is 0. The lowest BCUT2D eigenvalue weighted by Gasteiger charge is -2.21. The standard InChI is InChI=1S/C8H16O3/c1-2-7(8(9)10)6-3-4-11-5-6/h6-10H,2-5H2,1H3. The Morgan fingerprint density at radius 3 is 2.64 bits per heavy atom. The van der Waals surface area contributed by atoms with Gasteiger partial charge in [-0.25, -0.2) is 0 Å². The SMILES string of the molecule is CCC(C(O)O)C1CCOC1. The summed E-state index contributed by atoms with van der Waals surface area (Å²) in [6.45, 7) is 3.44. The predicted octanol–water partition coefficient (Wildman–Crippen LogP) is 0.360. The predicted molar refractivity (Wildman–Crippen MR) is 40.9 cm³/mol. The maximum absolute atomic E-state index is 8.97. The number of hydrogen-bond acceptors (Lipinski definition) is 3. The van der Waals surface area contributed by atoms with Crippen molar-refractivity contribution in [2.75, 3.05) is 13.2 Å². The monoisotopic (exact) mass is 160 g/mol. The Morgan fingerprint density at radius 2 is 2.27 bits per heavy atom. The van der Waals surface area contributed by atoms with E-state index in [1.54, 1.807) is 0 Å². The van der Waals surface area contributed by atoms with Gasteiger partial charge in [0.25, 0.3) is 0 Å². The summed E-state index contributed by atoms with van der Waals surface area (Å²) in [5.41, 5.74) is 0. The molecule has 2 N–H and O–H groups in total. The molecule has 1 rings (SSSR count). The van der Waals surface area contributed by atoms with E-state index in [-0.39, 0.29) is 5.92 Å². The largest absolute Gasteiger partial charge is 0.381 e. The van der Waals surface area contributed by atoms with Gasteiger partial charge in [-0.3, -0.25) is 0 Å². The second-order valence-corrected chi connectivity index (χ2v) is 3.11. The van der Waals surface area contributed by atoms with Crippen LogP contribution in [-0.2, 0) is 4.74 Å². The summed E-state index contributed by atoms with van der Waals surface area (Å²) in [5, 5.41) is 17.9. The van der Waals surface area contributed by atoms with Crippen molar-refractivity contribution in [3.8, 4) is 0 Å². The van der Waals surface area contributed by atoms with Crippen LogP contribution in [0, 0.1) is 11.8 Å². The summed E-state index contributed by atoms with van der Waals surface area (Å²) < 4.78 is 5.17. The lowest BCUT2D eigenvalue weighted by molar-refractivity contribution is -0.102. The first-order chi connectivity index (χ1) is 5.25. The molecule has 0 aromatic carbocycles. The molecular formula is C8H16O3. The van der Waals surface area contributed by atoms with Crippen molar-refractivity contribution in [3.63, 3.8) is 0 Å². The Hall–Kier alpha value is -0.120. The summed E-state index contributed by atoms with van der Waals surface area (Å²) in [6.07, 6.45) is 0.605. The highest BCUT2D eigenvalue weighted by Gasteiger charge is 2.28. The molecule has 2 unspecified atom stereocenters. The van der Waals surface area contributed by atoms with E-state index in [2.05, 4.69) is 0 Å². The Labute approximate surface area is 67.0 Å². The van der Waals surface area contributed by atoms with Crippen LogP contribution in [-0.4, -0.2) is 29.7 Å². The van der Waals surface area contributed by atoms with Gasteiger partial charge >= 0.3 is 0 Å². The molecule has 0 radical (unpaired) electrons. The van der Waals surface area contributed by atoms with Crippen molar-refractivity contribution in [2.24, 2.45) is 11.8 Å². The van der Waals surface area contributed by atoms with Gasteiger partial charge in [-0.05, 0) is 18.8 Å². The molecule has 0 amide bonds. The molecule has 3 heteroatoms. The lowest BCUT2D eigenvalue weighted by atomic mass is 9.89. The normalized spacial score (nSPS) is 27.8. The molecule has 66 valence electrons. The summed E-state index contributed by atoms with van der Waals surface area (Å²) in [4.78, 5) is 0. The molecule has 1 aliphatic rings. The summed E-state index contributed by atoms with van der Waals surface area (Å²) in [5.74, 6) is 0.345. The third-order valence-electron chi connectivity index (χ3n) is 2.42. The number of aliphatic hydroxyl groups excluding tert-OH is 1. The van der Waals surface area contributed by atoms with Crippen molar-refractivity contribution < 1.29 is 14.9 Å². The molecule has 0 bridgehead atoms. The van der Waals surface area contributed by atoms with Crippen LogP contribution < -0.4 is 0 Å². The van der Waals surface area contributed by atoms with Gasteiger partial charge in [0, 0.05) is 19.1 Å². The summed E-state index contributed by atoms with van der Waals surface area (Å²) >= 11 is 0. The van der Waals surface area contributed by atoms with E-state index in [1.807, 2.05) is 6.92 Å². The minimum absolute atomic E-state index is 0.00231. The first-order valence-corrected chi connectivity index (χ1v) is 4.19. The Kier molecular flexibility index (Phi) is 3.30. The Morgan fingerprint density at radius 1 is 1.55 bits per heavy atom. The van der Waals surface area contributed by atoms with Crippen molar-refractivity contribution in [3.05, 3.63) is 0 Å². The number of aliphatic hydroxyl groups is 2. The van der Waals surface area contributed by atoms with E-state index in [0.29, 0.717) is 12.5 Å². The second-order valence-electron chi connectivity index (χ2n) is 3.11. The van der Waals surface area contributed by atoms with Crippen molar-refractivity contribution in [1.82, 2.24) is 0 Å². The van der Waals surface area contributed by atoms with Crippen molar-refractivity contribution in [1.29, 1.82) is 0 Å². The third-order valence-corrected chi connectivity index (χ3v) is 2.42. The Bertz CT molecular complexity index is 108. The van der Waals surface area contributed by atoms with Crippen LogP contribution >= 0.6 is 0 Å². The molecular weight excluding hydrogens is 144 g/mol. The van der Waals surface area contributed by atoms with Crippen LogP contribution in [0.1, 0.15) is 19.8 Å². The Balaban J connectivity index is 2.40. The highest BCUT2D eigenvalue weighted by Crippen LogP contribution is 2.26. The number of rotatable bonds is 3. The summed E-state index contributed by atoms with van der Waals surface area (Å²) in [7, 11) is 0. The van der Waals surface area contributed by atoms with Crippen LogP contribution in [0.2, 0.25) is 0 Å². The van der Waals surface area contributed by atoms with Gasteiger partial charge in [-0.15, -0.1) is 0 Å². The maximum Gasteiger partial charge on any atom is 0.154 e. The van der Waals surface area contributed by atoms with Gasteiger partial charge in [-0.2, -0.15) is 0 Å². The third kappa shape index (κ3) is 2.15. The van der Waals surface area contributed by atoms with Crippen LogP contribution in [0.3, 0.4) is 0 Å². The van der Waals surface area contributed by atoms with Crippen LogP contribution in [0.15, 0.2) is 0 Å². The topological polar surface area (TPSA) is 49.7 Å². The van der Waals surface area contributed by atoms with E-state index < -0.39 is 6.29 Å². The molecule has 0 saturated carbocycles. The van der Waals surface area contributed by atoms with Gasteiger partial charge in [0.15, 0.2) is 6.29 Å². The molecule has 1 aliphatic heterocycles. The highest BCUT2D eigenvalue weighted by atomic mass is 16.5. The fourth-order valence-electron chi connectivity index (χ4n) is 1.68. The van der Waals surface area contributed by atoms with Gasteiger partial charge in [0.05, 0.1) is 0 Å². The van der Waals surface area contributed by atoms with Crippen LogP contribution in [0.25, 0.3) is 0 Å². The number of hydrogen-bond donors (Lipinski definition) is 2. The van der Waals surface area contributed by atoms with Crippen molar-refractivity contribution >= 4 is 0 Å². The van der Waals surface area contributed by atoms with E-state index >= 15 is 0 Å². The van der Waals surface area contributed by atoms with E-state index in [1.165, 1.54) is 0 Å². The molecule has 2 atom stereocenters. The first-order valence-electron chi connectivity index (χ1n) is 4.19. The number of ether oxygens (including phenoxy) is 1. The minimum Gasteiger partial charge on any atom is -0.381 e. The highest BCUT2D eigenvalue weighted by molar-refractivity contribution is 4.73. The molecule has 1 heterocycles. The van der Waals surface area contributed by atoms with Gasteiger partial charge in [0.2, 0.25) is 0 Å². The zero-order chi connectivity index (χ0) is 8.27. The average molecular weight is 160 g/mol. The minimum atomic E-state index is -1.17. The quantitative estimate of drug-likeness (QED) is 0.586. The maximum atomic E-state index is 8.97. The molecule has 3 nitrogen and oxygen atoms in total. The molecule has 0 aromatic heterocycles. The first kappa shape index (κ1) is 8.97. The molecule has 0 aliphatic carbocycles. The van der Waals surface area contributed by atoms with Gasteiger partial charge < -0.3 is 14.9 Å². The molecule has 0 aromatic rings. The van der Waals surface area contributed by atoms with Crippen LogP contribution in [0.5, 0.6) is 0 Å². The molecule has 0 spiro atoms. The van der Waals surface area contributed by atoms with Gasteiger partial charge in [0.1, 0.15) is 0 Å². The average Bonchev–Trinajstić information content (AvgIpc) is 2.40. The second kappa shape index (κ2) is 4.04. The molecule has 11 heavy (non-hydrogen) atoms. The van der Waals surface area contributed by atoms with Gasteiger partial charge in [-0.1, -0.05) is 6.92 Å². The molecule has 1 fully saturated rings. The van der Waals surface area contributed by atoms with E-state index in [0.717, 1.165) is 19.4 Å². The fourth-order valence-corrected chi connectivity index (χ4v) is 1.68. The zero-order valence-corrected chi connectivity index (χ0v) is 6.86. The fraction of sp³-hybridized carbons (Fsp3) is 1.00. The smallest absolute Gasteiger partial charge is 0.154 e. The molecule has 1 saturated heterocycles. The zero-order valence-electron chi connectivity index (χ0n) is 6.86. The van der Waals surface area contributed by atoms with Crippen LogP contribution in [0.4, 0.5) is 0 Å². The van der Waals surface area contributed by atoms with E-state index in [9.17, 15) is 0 Å². The van der Waals surface area contributed by atoms with Crippen molar-refractivity contribution in [2.45, 2.75) is 26.1 Å². The van der Waals surface area contributed by atoms with E-state index in [4.69, 9.17) is 14.9 Å². The lowest BCUT2D eigenvalue weighted by Crippen LogP contribution is -2.27.